The van der Waals surface area contributed by atoms with Crippen LogP contribution in [0.25, 0.3) is 0 Å². The minimum atomic E-state index is 0.393. The molecule has 4 nitrogen and oxygen atoms in total. The van der Waals surface area contributed by atoms with Crippen molar-refractivity contribution in [2.75, 3.05) is 19.6 Å². The lowest BCUT2D eigenvalue weighted by molar-refractivity contribution is -0.0161. The van der Waals surface area contributed by atoms with Crippen molar-refractivity contribution in [2.45, 2.75) is 38.4 Å². The van der Waals surface area contributed by atoms with Crippen LogP contribution in [0.15, 0.2) is 4.99 Å². The Bertz CT molecular complexity index is 217. The Kier molecular flexibility index (Phi) is 2.91. The molecule has 2 aliphatic heterocycles. The molecule has 2 rings (SSSR count). The number of likely N-dealkylation sites (tertiary alicyclic amines) is 1. The van der Waals surface area contributed by atoms with E-state index in [0.29, 0.717) is 18.2 Å². The molecule has 80 valence electrons. The molecule has 0 aliphatic carbocycles. The maximum atomic E-state index is 5.91. The van der Waals surface area contributed by atoms with Gasteiger partial charge in [0.25, 0.3) is 0 Å². The van der Waals surface area contributed by atoms with Gasteiger partial charge in [-0.3, -0.25) is 4.99 Å². The molecule has 2 saturated heterocycles. The van der Waals surface area contributed by atoms with Gasteiger partial charge >= 0.3 is 0 Å². The van der Waals surface area contributed by atoms with Gasteiger partial charge in [-0.05, 0) is 19.3 Å². The van der Waals surface area contributed by atoms with Gasteiger partial charge in [-0.15, -0.1) is 0 Å². The molecular formula is C10H19N3O. The Morgan fingerprint density at radius 1 is 1.43 bits per heavy atom. The molecule has 2 fully saturated rings. The number of morpholine rings is 1. The number of guanidine groups is 1. The third-order valence-electron chi connectivity index (χ3n) is 2.86. The summed E-state index contributed by atoms with van der Waals surface area (Å²) in [5.41, 5.74) is 5.91. The summed E-state index contributed by atoms with van der Waals surface area (Å²) in [4.78, 5) is 6.50. The predicted molar refractivity (Wildman–Crippen MR) is 56.2 cm³/mol. The van der Waals surface area contributed by atoms with Gasteiger partial charge in [-0.25, -0.2) is 0 Å². The Labute approximate surface area is 85.1 Å². The number of aliphatic imine (C=N–C) groups is 1. The summed E-state index contributed by atoms with van der Waals surface area (Å²) in [6, 6.07) is 0. The monoisotopic (exact) mass is 197 g/mol. The third kappa shape index (κ3) is 2.00. The summed E-state index contributed by atoms with van der Waals surface area (Å²) in [7, 11) is 0. The number of nitrogens with zero attached hydrogens (tertiary/aromatic N) is 2. The highest BCUT2D eigenvalue weighted by molar-refractivity contribution is 5.78. The summed E-state index contributed by atoms with van der Waals surface area (Å²) in [5.74, 6) is 0.701. The van der Waals surface area contributed by atoms with E-state index in [0.717, 1.165) is 26.1 Å². The fourth-order valence-corrected chi connectivity index (χ4v) is 2.13. The fraction of sp³-hybridized carbons (Fsp3) is 0.900. The average molecular weight is 197 g/mol. The molecule has 4 heteroatoms. The standard InChI is InChI=1S/C10H19N3O/c1-2-5-12-10(11)13-6-8-3-4-9(7-13)14-8/h8-9H,2-7H2,1H3,(H2,11,12). The maximum absolute atomic E-state index is 5.91. The molecular weight excluding hydrogens is 178 g/mol. The Balaban J connectivity index is 1.92. The molecule has 2 N–H and O–H groups in total. The molecule has 0 aromatic carbocycles. The summed E-state index contributed by atoms with van der Waals surface area (Å²) < 4.78 is 5.73. The highest BCUT2D eigenvalue weighted by atomic mass is 16.5. The van der Waals surface area contributed by atoms with Crippen LogP contribution in [0.4, 0.5) is 0 Å². The van der Waals surface area contributed by atoms with Gasteiger partial charge in [0.1, 0.15) is 0 Å². The molecule has 2 unspecified atom stereocenters. The second-order valence-electron chi connectivity index (χ2n) is 4.10. The first-order valence-corrected chi connectivity index (χ1v) is 5.50. The molecule has 0 saturated carbocycles. The van der Waals surface area contributed by atoms with Crippen molar-refractivity contribution < 1.29 is 4.74 Å². The highest BCUT2D eigenvalue weighted by Gasteiger charge is 2.34. The summed E-state index contributed by atoms with van der Waals surface area (Å²) in [6.45, 7) is 4.80. The maximum Gasteiger partial charge on any atom is 0.191 e. The van der Waals surface area contributed by atoms with Gasteiger partial charge in [-0.2, -0.15) is 0 Å². The lowest BCUT2D eigenvalue weighted by atomic mass is 10.2. The van der Waals surface area contributed by atoms with E-state index in [2.05, 4.69) is 16.8 Å². The lowest BCUT2D eigenvalue weighted by Gasteiger charge is -2.32. The van der Waals surface area contributed by atoms with Gasteiger partial charge < -0.3 is 15.4 Å². The highest BCUT2D eigenvalue weighted by Crippen LogP contribution is 2.25. The van der Waals surface area contributed by atoms with E-state index < -0.39 is 0 Å². The van der Waals surface area contributed by atoms with Crippen LogP contribution in [0, 0.1) is 0 Å². The van der Waals surface area contributed by atoms with Crippen molar-refractivity contribution in [3.8, 4) is 0 Å². The van der Waals surface area contributed by atoms with Crippen LogP contribution in [0.2, 0.25) is 0 Å². The Morgan fingerprint density at radius 3 is 2.64 bits per heavy atom. The van der Waals surface area contributed by atoms with Crippen LogP contribution >= 0.6 is 0 Å². The first-order valence-electron chi connectivity index (χ1n) is 5.50. The van der Waals surface area contributed by atoms with Crippen molar-refractivity contribution in [1.29, 1.82) is 0 Å². The fourth-order valence-electron chi connectivity index (χ4n) is 2.13. The minimum Gasteiger partial charge on any atom is -0.371 e. The van der Waals surface area contributed by atoms with Crippen molar-refractivity contribution in [2.24, 2.45) is 10.7 Å². The van der Waals surface area contributed by atoms with Crippen LogP contribution in [0.1, 0.15) is 26.2 Å². The second kappa shape index (κ2) is 4.17. The average Bonchev–Trinajstić information content (AvgIpc) is 2.54. The van der Waals surface area contributed by atoms with Gasteiger partial charge in [0.2, 0.25) is 0 Å². The van der Waals surface area contributed by atoms with Crippen molar-refractivity contribution in [3.05, 3.63) is 0 Å². The van der Waals surface area contributed by atoms with Crippen LogP contribution in [-0.2, 0) is 4.74 Å². The molecule has 0 amide bonds. The number of ether oxygens (including phenoxy) is 1. The Morgan fingerprint density at radius 2 is 2.07 bits per heavy atom. The topological polar surface area (TPSA) is 50.8 Å². The van der Waals surface area contributed by atoms with Gasteiger partial charge in [0, 0.05) is 19.6 Å². The van der Waals surface area contributed by atoms with Crippen LogP contribution < -0.4 is 5.73 Å². The molecule has 2 atom stereocenters. The van der Waals surface area contributed by atoms with Crippen molar-refractivity contribution in [3.63, 3.8) is 0 Å². The van der Waals surface area contributed by atoms with Gasteiger partial charge in [-0.1, -0.05) is 6.92 Å². The summed E-state index contributed by atoms with van der Waals surface area (Å²) in [6.07, 6.45) is 4.20. The summed E-state index contributed by atoms with van der Waals surface area (Å²) in [5, 5.41) is 0. The number of hydrogen-bond acceptors (Lipinski definition) is 2. The van der Waals surface area contributed by atoms with Crippen molar-refractivity contribution >= 4 is 5.96 Å². The SMILES string of the molecule is CCCN=C(N)N1CC2CCC(C1)O2. The smallest absolute Gasteiger partial charge is 0.191 e. The van der Waals surface area contributed by atoms with Gasteiger partial charge in [0.15, 0.2) is 5.96 Å². The van der Waals surface area contributed by atoms with E-state index in [-0.39, 0.29) is 0 Å². The molecule has 2 heterocycles. The first kappa shape index (κ1) is 9.77. The first-order chi connectivity index (χ1) is 6.79. The second-order valence-corrected chi connectivity index (χ2v) is 4.10. The van der Waals surface area contributed by atoms with E-state index in [1.54, 1.807) is 0 Å². The van der Waals surface area contributed by atoms with E-state index in [1.807, 2.05) is 0 Å². The molecule has 2 bridgehead atoms. The minimum absolute atomic E-state index is 0.393. The zero-order chi connectivity index (χ0) is 9.97. The van der Waals surface area contributed by atoms with Gasteiger partial charge in [0.05, 0.1) is 12.2 Å². The third-order valence-corrected chi connectivity index (χ3v) is 2.86. The van der Waals surface area contributed by atoms with E-state index in [9.17, 15) is 0 Å². The number of hydrogen-bond donors (Lipinski definition) is 1. The summed E-state index contributed by atoms with van der Waals surface area (Å²) >= 11 is 0. The van der Waals surface area contributed by atoms with Crippen LogP contribution in [0.5, 0.6) is 0 Å². The quantitative estimate of drug-likeness (QED) is 0.520. The Hall–Kier alpha value is -0.770. The zero-order valence-corrected chi connectivity index (χ0v) is 8.78. The number of nitrogens with two attached hydrogens (primary N) is 1. The van der Waals surface area contributed by atoms with E-state index in [4.69, 9.17) is 10.5 Å². The molecule has 14 heavy (non-hydrogen) atoms. The molecule has 0 aromatic rings. The molecule has 0 spiro atoms. The molecule has 0 aromatic heterocycles. The van der Waals surface area contributed by atoms with E-state index >= 15 is 0 Å². The van der Waals surface area contributed by atoms with Crippen molar-refractivity contribution in [1.82, 2.24) is 4.90 Å². The van der Waals surface area contributed by atoms with E-state index in [1.165, 1.54) is 12.8 Å². The van der Waals surface area contributed by atoms with Crippen LogP contribution in [0.3, 0.4) is 0 Å². The number of rotatable bonds is 2. The molecule has 0 radical (unpaired) electrons. The zero-order valence-electron chi connectivity index (χ0n) is 8.78. The largest absolute Gasteiger partial charge is 0.371 e. The van der Waals surface area contributed by atoms with Crippen LogP contribution in [-0.4, -0.2) is 42.7 Å². The normalized spacial score (nSPS) is 32.4. The molecule has 2 aliphatic rings. The predicted octanol–water partition coefficient (Wildman–Crippen LogP) is 0.574. The lowest BCUT2D eigenvalue weighted by Crippen LogP contribution is -2.49. The number of fused-ring (bicyclic) bond motifs is 2.